The first-order valence-corrected chi connectivity index (χ1v) is 9.14. The Bertz CT molecular complexity index is 675. The van der Waals surface area contributed by atoms with Crippen molar-refractivity contribution in [1.29, 1.82) is 0 Å². The van der Waals surface area contributed by atoms with Crippen LogP contribution in [0.15, 0.2) is 54.6 Å². The van der Waals surface area contributed by atoms with E-state index in [0.29, 0.717) is 23.5 Å². The molecule has 1 aliphatic rings. The molecule has 0 bridgehead atoms. The maximum atomic E-state index is 12.0. The Morgan fingerprint density at radius 3 is 2.64 bits per heavy atom. The summed E-state index contributed by atoms with van der Waals surface area (Å²) in [5.41, 5.74) is 2.13. The molecular weight excluding hydrogens is 334 g/mol. The van der Waals surface area contributed by atoms with Gasteiger partial charge in [0.1, 0.15) is 0 Å². The van der Waals surface area contributed by atoms with Crippen molar-refractivity contribution in [3.8, 4) is 0 Å². The lowest BCUT2D eigenvalue weighted by Gasteiger charge is -2.30. The molecule has 1 aliphatic heterocycles. The zero-order valence-corrected chi connectivity index (χ0v) is 14.9. The third-order valence-electron chi connectivity index (χ3n) is 4.58. The van der Waals surface area contributed by atoms with Crippen LogP contribution in [0.25, 0.3) is 0 Å². The van der Waals surface area contributed by atoms with Crippen LogP contribution in [0.1, 0.15) is 18.4 Å². The van der Waals surface area contributed by atoms with Crippen molar-refractivity contribution in [2.24, 2.45) is 5.92 Å². The molecular formula is C20H24ClN3O. The Labute approximate surface area is 154 Å². The summed E-state index contributed by atoms with van der Waals surface area (Å²) in [5.74, 6) is 0.662. The van der Waals surface area contributed by atoms with E-state index < -0.39 is 0 Å². The second kappa shape index (κ2) is 8.88. The fourth-order valence-corrected chi connectivity index (χ4v) is 3.43. The van der Waals surface area contributed by atoms with Crippen LogP contribution >= 0.6 is 11.6 Å². The number of nitrogens with one attached hydrogen (secondary N) is 3. The third kappa shape index (κ3) is 5.76. The molecule has 25 heavy (non-hydrogen) atoms. The predicted octanol–water partition coefficient (Wildman–Crippen LogP) is 4.07. The summed E-state index contributed by atoms with van der Waals surface area (Å²) in [6, 6.07) is 17.8. The molecule has 2 amide bonds. The monoisotopic (exact) mass is 357 g/mol. The van der Waals surface area contributed by atoms with Crippen LogP contribution in [0.4, 0.5) is 10.5 Å². The van der Waals surface area contributed by atoms with Gasteiger partial charge in [0.15, 0.2) is 0 Å². The standard InChI is InChI=1S/C20H24ClN3O/c21-17-6-8-18(9-7-17)24-20(25)23-14-19-13-16(10-11-22-19)12-15-4-2-1-3-5-15/h1-9,16,19,22H,10-14H2,(H2,23,24,25)/t16-,19+/m0/s1. The highest BCUT2D eigenvalue weighted by Crippen LogP contribution is 2.21. The quantitative estimate of drug-likeness (QED) is 0.755. The second-order valence-electron chi connectivity index (χ2n) is 6.57. The molecule has 1 saturated heterocycles. The second-order valence-corrected chi connectivity index (χ2v) is 7.01. The van der Waals surface area contributed by atoms with Gasteiger partial charge in [0, 0.05) is 23.3 Å². The highest BCUT2D eigenvalue weighted by Gasteiger charge is 2.22. The molecule has 0 radical (unpaired) electrons. The minimum absolute atomic E-state index is 0.186. The first-order valence-electron chi connectivity index (χ1n) is 8.77. The molecule has 4 nitrogen and oxygen atoms in total. The van der Waals surface area contributed by atoms with Gasteiger partial charge in [-0.25, -0.2) is 4.79 Å². The van der Waals surface area contributed by atoms with Crippen LogP contribution in [0.3, 0.4) is 0 Å². The molecule has 5 heteroatoms. The van der Waals surface area contributed by atoms with Crippen LogP contribution in [0.2, 0.25) is 5.02 Å². The molecule has 2 aromatic rings. The minimum atomic E-state index is -0.186. The first kappa shape index (κ1) is 17.8. The van der Waals surface area contributed by atoms with Gasteiger partial charge in [-0.05, 0) is 61.6 Å². The number of piperidine rings is 1. The smallest absolute Gasteiger partial charge is 0.319 e. The first-order chi connectivity index (χ1) is 12.2. The maximum absolute atomic E-state index is 12.0. The Hall–Kier alpha value is -2.04. The van der Waals surface area contributed by atoms with Gasteiger partial charge in [-0.3, -0.25) is 0 Å². The topological polar surface area (TPSA) is 53.2 Å². The summed E-state index contributed by atoms with van der Waals surface area (Å²) in [7, 11) is 0. The molecule has 132 valence electrons. The van der Waals surface area contributed by atoms with Gasteiger partial charge in [-0.15, -0.1) is 0 Å². The number of rotatable bonds is 5. The summed E-state index contributed by atoms with van der Waals surface area (Å²) in [6.45, 7) is 1.63. The zero-order chi connectivity index (χ0) is 17.5. The lowest BCUT2D eigenvalue weighted by atomic mass is 9.87. The van der Waals surface area contributed by atoms with Crippen molar-refractivity contribution < 1.29 is 4.79 Å². The van der Waals surface area contributed by atoms with Crippen molar-refractivity contribution in [3.63, 3.8) is 0 Å². The van der Waals surface area contributed by atoms with Gasteiger partial charge >= 0.3 is 6.03 Å². The van der Waals surface area contributed by atoms with Gasteiger partial charge in [0.2, 0.25) is 0 Å². The fraction of sp³-hybridized carbons (Fsp3) is 0.350. The van der Waals surface area contributed by atoms with Gasteiger partial charge in [0.25, 0.3) is 0 Å². The molecule has 2 atom stereocenters. The molecule has 0 aromatic heterocycles. The summed E-state index contributed by atoms with van der Waals surface area (Å²) in [6.07, 6.45) is 3.37. The number of hydrogen-bond acceptors (Lipinski definition) is 2. The summed E-state index contributed by atoms with van der Waals surface area (Å²) >= 11 is 5.85. The number of hydrogen-bond donors (Lipinski definition) is 3. The van der Waals surface area contributed by atoms with E-state index in [1.54, 1.807) is 24.3 Å². The molecule has 1 fully saturated rings. The van der Waals surface area contributed by atoms with E-state index in [1.807, 2.05) is 0 Å². The van der Waals surface area contributed by atoms with Gasteiger partial charge in [-0.2, -0.15) is 0 Å². The van der Waals surface area contributed by atoms with E-state index in [-0.39, 0.29) is 6.03 Å². The molecule has 2 aromatic carbocycles. The number of carbonyl (C=O) groups excluding carboxylic acids is 1. The van der Waals surface area contributed by atoms with Crippen molar-refractivity contribution in [3.05, 3.63) is 65.2 Å². The SMILES string of the molecule is O=C(NC[C@H]1C[C@H](Cc2ccccc2)CCN1)Nc1ccc(Cl)cc1. The number of urea groups is 1. The lowest BCUT2D eigenvalue weighted by Crippen LogP contribution is -2.47. The van der Waals surface area contributed by atoms with E-state index in [4.69, 9.17) is 11.6 Å². The largest absolute Gasteiger partial charge is 0.336 e. The molecule has 0 unspecified atom stereocenters. The van der Waals surface area contributed by atoms with Crippen molar-refractivity contribution >= 4 is 23.3 Å². The molecule has 1 heterocycles. The van der Waals surface area contributed by atoms with E-state index in [0.717, 1.165) is 25.1 Å². The Morgan fingerprint density at radius 2 is 1.88 bits per heavy atom. The van der Waals surface area contributed by atoms with Crippen molar-refractivity contribution in [1.82, 2.24) is 10.6 Å². The highest BCUT2D eigenvalue weighted by atomic mass is 35.5. The van der Waals surface area contributed by atoms with Gasteiger partial charge in [0.05, 0.1) is 0 Å². The Kier molecular flexibility index (Phi) is 6.31. The average Bonchev–Trinajstić information content (AvgIpc) is 2.63. The van der Waals surface area contributed by atoms with Crippen LogP contribution in [-0.4, -0.2) is 25.2 Å². The van der Waals surface area contributed by atoms with Crippen molar-refractivity contribution in [2.75, 3.05) is 18.4 Å². The van der Waals surface area contributed by atoms with Crippen LogP contribution in [0.5, 0.6) is 0 Å². The predicted molar refractivity (Wildman–Crippen MR) is 103 cm³/mol. The average molecular weight is 358 g/mol. The Morgan fingerprint density at radius 1 is 1.12 bits per heavy atom. The van der Waals surface area contributed by atoms with Crippen molar-refractivity contribution in [2.45, 2.75) is 25.3 Å². The number of benzene rings is 2. The maximum Gasteiger partial charge on any atom is 0.319 e. The summed E-state index contributed by atoms with van der Waals surface area (Å²) in [5, 5.41) is 9.93. The number of halogens is 1. The summed E-state index contributed by atoms with van der Waals surface area (Å²) < 4.78 is 0. The number of carbonyl (C=O) groups is 1. The van der Waals surface area contributed by atoms with Crippen LogP contribution in [0, 0.1) is 5.92 Å². The van der Waals surface area contributed by atoms with E-state index in [9.17, 15) is 4.79 Å². The molecule has 0 spiro atoms. The van der Waals surface area contributed by atoms with Crippen LogP contribution in [-0.2, 0) is 6.42 Å². The molecule has 3 rings (SSSR count). The van der Waals surface area contributed by atoms with E-state index >= 15 is 0 Å². The lowest BCUT2D eigenvalue weighted by molar-refractivity contribution is 0.246. The van der Waals surface area contributed by atoms with Crippen LogP contribution < -0.4 is 16.0 Å². The normalized spacial score (nSPS) is 20.0. The molecule has 3 N–H and O–H groups in total. The zero-order valence-electron chi connectivity index (χ0n) is 14.2. The number of anilines is 1. The fourth-order valence-electron chi connectivity index (χ4n) is 3.31. The Balaban J connectivity index is 1.43. The minimum Gasteiger partial charge on any atom is -0.336 e. The molecule has 0 aliphatic carbocycles. The summed E-state index contributed by atoms with van der Waals surface area (Å²) in [4.78, 5) is 12.0. The third-order valence-corrected chi connectivity index (χ3v) is 4.83. The molecule has 0 saturated carbocycles. The van der Waals surface area contributed by atoms with Gasteiger partial charge in [-0.1, -0.05) is 41.9 Å². The highest BCUT2D eigenvalue weighted by molar-refractivity contribution is 6.30. The van der Waals surface area contributed by atoms with E-state index in [1.165, 1.54) is 12.0 Å². The van der Waals surface area contributed by atoms with E-state index in [2.05, 4.69) is 46.3 Å². The van der Waals surface area contributed by atoms with Gasteiger partial charge < -0.3 is 16.0 Å². The number of amides is 2.